The molecular weight excluding hydrogens is 237 g/mol. The summed E-state index contributed by atoms with van der Waals surface area (Å²) in [6.07, 6.45) is 0.761. The number of hydrogen-bond acceptors (Lipinski definition) is 3. The Kier molecular flexibility index (Phi) is 3.78. The average Bonchev–Trinajstić information content (AvgIpc) is 2.51. The van der Waals surface area contributed by atoms with E-state index in [1.54, 1.807) is 0 Å². The topological polar surface area (TPSA) is 44.5 Å². The Morgan fingerprint density at radius 2 is 1.53 bits per heavy atom. The minimum atomic E-state index is -0.341. The van der Waals surface area contributed by atoms with Crippen molar-refractivity contribution in [3.8, 4) is 0 Å². The number of aryl methyl sites for hydroxylation is 1. The Balaban J connectivity index is 2.02. The zero-order valence-corrected chi connectivity index (χ0v) is 12.6. The zero-order valence-electron chi connectivity index (χ0n) is 12.6. The van der Waals surface area contributed by atoms with Crippen molar-refractivity contribution in [2.45, 2.75) is 58.2 Å². The molecule has 0 saturated carbocycles. The first-order valence-electron chi connectivity index (χ1n) is 6.88. The van der Waals surface area contributed by atoms with E-state index in [2.05, 4.69) is 31.2 Å². The van der Waals surface area contributed by atoms with Crippen LogP contribution < -0.4 is 5.73 Å². The van der Waals surface area contributed by atoms with Crippen molar-refractivity contribution in [1.82, 2.24) is 0 Å². The van der Waals surface area contributed by atoms with E-state index < -0.39 is 0 Å². The lowest BCUT2D eigenvalue weighted by atomic mass is 9.75. The van der Waals surface area contributed by atoms with Crippen LogP contribution in [-0.4, -0.2) is 24.3 Å². The second-order valence-corrected chi connectivity index (χ2v) is 6.48. The van der Waals surface area contributed by atoms with Crippen LogP contribution in [0.5, 0.6) is 0 Å². The Hall–Kier alpha value is -0.835. The molecule has 1 aromatic carbocycles. The SMILES string of the molecule is Cc1ccc(CC(N)B2OC(C)(C)C(C)(C)O2)cc1. The van der Waals surface area contributed by atoms with Gasteiger partial charge in [0, 0.05) is 5.94 Å². The highest BCUT2D eigenvalue weighted by molar-refractivity contribution is 6.47. The van der Waals surface area contributed by atoms with Crippen LogP contribution in [0.25, 0.3) is 0 Å². The van der Waals surface area contributed by atoms with E-state index in [1.165, 1.54) is 11.1 Å². The standard InChI is InChI=1S/C15H24BNO2/c1-11-6-8-12(9-7-11)10-13(17)16-18-14(2,3)15(4,5)19-16/h6-9,13H,10,17H2,1-5H3. The van der Waals surface area contributed by atoms with E-state index in [1.807, 2.05) is 27.7 Å². The third kappa shape index (κ3) is 3.02. The summed E-state index contributed by atoms with van der Waals surface area (Å²) < 4.78 is 11.9. The van der Waals surface area contributed by atoms with Crippen LogP contribution in [0, 0.1) is 6.92 Å². The molecule has 2 N–H and O–H groups in total. The van der Waals surface area contributed by atoms with Crippen LogP contribution in [0.3, 0.4) is 0 Å². The van der Waals surface area contributed by atoms with Gasteiger partial charge in [-0.3, -0.25) is 0 Å². The molecule has 0 aliphatic carbocycles. The van der Waals surface area contributed by atoms with Crippen molar-refractivity contribution in [1.29, 1.82) is 0 Å². The van der Waals surface area contributed by atoms with Gasteiger partial charge in [-0.25, -0.2) is 0 Å². The molecular formula is C15H24BNO2. The van der Waals surface area contributed by atoms with Gasteiger partial charge >= 0.3 is 7.12 Å². The number of nitrogens with two attached hydrogens (primary N) is 1. The molecule has 2 rings (SSSR count). The van der Waals surface area contributed by atoms with Gasteiger partial charge in [-0.05, 0) is 46.6 Å². The van der Waals surface area contributed by atoms with E-state index in [4.69, 9.17) is 15.0 Å². The first-order valence-corrected chi connectivity index (χ1v) is 6.88. The summed E-state index contributed by atoms with van der Waals surface area (Å²) in [6, 6.07) is 8.43. The van der Waals surface area contributed by atoms with Crippen molar-refractivity contribution < 1.29 is 9.31 Å². The molecule has 1 atom stereocenters. The molecule has 0 spiro atoms. The average molecular weight is 261 g/mol. The van der Waals surface area contributed by atoms with Crippen LogP contribution in [0.4, 0.5) is 0 Å². The number of benzene rings is 1. The van der Waals surface area contributed by atoms with Crippen molar-refractivity contribution in [2.24, 2.45) is 5.73 Å². The van der Waals surface area contributed by atoms with Gasteiger partial charge in [-0.1, -0.05) is 29.8 Å². The fourth-order valence-electron chi connectivity index (χ4n) is 2.16. The van der Waals surface area contributed by atoms with E-state index >= 15 is 0 Å². The highest BCUT2D eigenvalue weighted by Crippen LogP contribution is 2.37. The Bertz CT molecular complexity index is 426. The summed E-state index contributed by atoms with van der Waals surface area (Å²) in [5.41, 5.74) is 8.08. The number of hydrogen-bond donors (Lipinski definition) is 1. The summed E-state index contributed by atoms with van der Waals surface area (Å²) in [5.74, 6) is -0.149. The van der Waals surface area contributed by atoms with Crippen molar-refractivity contribution in [3.63, 3.8) is 0 Å². The maximum atomic E-state index is 6.24. The van der Waals surface area contributed by atoms with Crippen molar-refractivity contribution in [2.75, 3.05) is 0 Å². The predicted octanol–water partition coefficient (Wildman–Crippen LogP) is 2.50. The van der Waals surface area contributed by atoms with Gasteiger partial charge in [0.1, 0.15) is 0 Å². The van der Waals surface area contributed by atoms with Gasteiger partial charge in [0.05, 0.1) is 11.2 Å². The lowest BCUT2D eigenvalue weighted by Crippen LogP contribution is -2.43. The molecule has 104 valence electrons. The first-order chi connectivity index (χ1) is 8.71. The van der Waals surface area contributed by atoms with E-state index in [9.17, 15) is 0 Å². The molecule has 0 bridgehead atoms. The van der Waals surface area contributed by atoms with Gasteiger partial charge < -0.3 is 15.0 Å². The predicted molar refractivity (Wildman–Crippen MR) is 78.9 cm³/mol. The van der Waals surface area contributed by atoms with Gasteiger partial charge in [-0.15, -0.1) is 0 Å². The van der Waals surface area contributed by atoms with Gasteiger partial charge in [0.2, 0.25) is 0 Å². The van der Waals surface area contributed by atoms with E-state index in [0.29, 0.717) is 0 Å². The third-order valence-corrected chi connectivity index (χ3v) is 4.21. The summed E-state index contributed by atoms with van der Waals surface area (Å²) in [7, 11) is -0.341. The van der Waals surface area contributed by atoms with Crippen molar-refractivity contribution >= 4 is 7.12 Å². The Labute approximate surface area is 116 Å². The molecule has 4 heteroatoms. The van der Waals surface area contributed by atoms with Gasteiger partial charge in [-0.2, -0.15) is 0 Å². The van der Waals surface area contributed by atoms with E-state index in [0.717, 1.165) is 6.42 Å². The highest BCUT2D eigenvalue weighted by Gasteiger charge is 2.52. The highest BCUT2D eigenvalue weighted by atomic mass is 16.7. The van der Waals surface area contributed by atoms with Crippen LogP contribution in [0.15, 0.2) is 24.3 Å². The van der Waals surface area contributed by atoms with Crippen LogP contribution in [-0.2, 0) is 15.7 Å². The maximum Gasteiger partial charge on any atom is 0.476 e. The van der Waals surface area contributed by atoms with Crippen LogP contribution in [0.1, 0.15) is 38.8 Å². The minimum absolute atomic E-state index is 0.149. The monoisotopic (exact) mass is 261 g/mol. The molecule has 0 aromatic heterocycles. The molecule has 1 unspecified atom stereocenters. The van der Waals surface area contributed by atoms with Crippen molar-refractivity contribution in [3.05, 3.63) is 35.4 Å². The zero-order chi connectivity index (χ0) is 14.3. The summed E-state index contributed by atoms with van der Waals surface area (Å²) in [4.78, 5) is 0. The lowest BCUT2D eigenvalue weighted by molar-refractivity contribution is 0.00578. The molecule has 0 amide bonds. The number of rotatable bonds is 3. The molecule has 1 aliphatic heterocycles. The second-order valence-electron chi connectivity index (χ2n) is 6.48. The van der Waals surface area contributed by atoms with Crippen LogP contribution >= 0.6 is 0 Å². The molecule has 1 aliphatic rings. The van der Waals surface area contributed by atoms with E-state index in [-0.39, 0.29) is 24.3 Å². The largest absolute Gasteiger partial charge is 0.476 e. The molecule has 0 radical (unpaired) electrons. The second kappa shape index (κ2) is 4.93. The summed E-state index contributed by atoms with van der Waals surface area (Å²) in [5, 5.41) is 0. The van der Waals surface area contributed by atoms with Gasteiger partial charge in [0.25, 0.3) is 0 Å². The maximum absolute atomic E-state index is 6.24. The molecule has 1 fully saturated rings. The molecule has 19 heavy (non-hydrogen) atoms. The Morgan fingerprint density at radius 1 is 1.05 bits per heavy atom. The van der Waals surface area contributed by atoms with Crippen LogP contribution in [0.2, 0.25) is 0 Å². The van der Waals surface area contributed by atoms with Gasteiger partial charge in [0.15, 0.2) is 0 Å². The molecule has 3 nitrogen and oxygen atoms in total. The smallest absolute Gasteiger partial charge is 0.402 e. The minimum Gasteiger partial charge on any atom is -0.402 e. The fraction of sp³-hybridized carbons (Fsp3) is 0.600. The fourth-order valence-corrected chi connectivity index (χ4v) is 2.16. The quantitative estimate of drug-likeness (QED) is 0.850. The third-order valence-electron chi connectivity index (χ3n) is 4.21. The first kappa shape index (κ1) is 14.6. The summed E-state index contributed by atoms with van der Waals surface area (Å²) in [6.45, 7) is 10.3. The molecule has 1 heterocycles. The summed E-state index contributed by atoms with van der Waals surface area (Å²) >= 11 is 0. The lowest BCUT2D eigenvalue weighted by Gasteiger charge is -2.32. The normalized spacial score (nSPS) is 22.5. The Morgan fingerprint density at radius 3 is 2.00 bits per heavy atom. The molecule has 1 saturated heterocycles. The molecule has 1 aromatic rings.